The van der Waals surface area contributed by atoms with Crippen LogP contribution in [0.25, 0.3) is 0 Å². The summed E-state index contributed by atoms with van der Waals surface area (Å²) >= 11 is 4.71. The lowest BCUT2D eigenvalue weighted by molar-refractivity contribution is 0.0995. The molecule has 0 aliphatic heterocycles. The quantitative estimate of drug-likeness (QED) is 0.768. The average Bonchev–Trinajstić information content (AvgIpc) is 2.70. The number of aryl methyl sites for hydroxylation is 1. The van der Waals surface area contributed by atoms with E-state index in [4.69, 9.17) is 0 Å². The number of thiophene rings is 1. The van der Waals surface area contributed by atoms with Crippen LogP contribution in [0.3, 0.4) is 0 Å². The fraction of sp³-hybridized carbons (Fsp3) is 0.154. The molecule has 0 aliphatic rings. The number of halogens is 2. The van der Waals surface area contributed by atoms with Crippen molar-refractivity contribution in [1.29, 1.82) is 0 Å². The van der Waals surface area contributed by atoms with E-state index in [1.807, 2.05) is 13.0 Å². The fourth-order valence-electron chi connectivity index (χ4n) is 1.52. The minimum Gasteiger partial charge on any atom is -0.293 e. The summed E-state index contributed by atoms with van der Waals surface area (Å²) in [6.07, 6.45) is 0.102. The molecule has 0 atom stereocenters. The second-order valence-corrected chi connectivity index (χ2v) is 5.95. The van der Waals surface area contributed by atoms with Gasteiger partial charge in [-0.25, -0.2) is 4.39 Å². The zero-order valence-electron chi connectivity index (χ0n) is 9.17. The molecule has 1 aromatic heterocycles. The van der Waals surface area contributed by atoms with E-state index < -0.39 is 0 Å². The lowest BCUT2D eigenvalue weighted by Gasteiger charge is -2.02. The maximum Gasteiger partial charge on any atom is 0.177 e. The van der Waals surface area contributed by atoms with E-state index in [9.17, 15) is 9.18 Å². The van der Waals surface area contributed by atoms with Gasteiger partial charge >= 0.3 is 0 Å². The third-order valence-corrected chi connectivity index (χ3v) is 3.91. The Balaban J connectivity index is 2.21. The van der Waals surface area contributed by atoms with E-state index in [-0.39, 0.29) is 18.0 Å². The van der Waals surface area contributed by atoms with Gasteiger partial charge in [0.2, 0.25) is 0 Å². The van der Waals surface area contributed by atoms with Gasteiger partial charge in [-0.05, 0) is 42.8 Å². The highest BCUT2D eigenvalue weighted by atomic mass is 79.9. The highest BCUT2D eigenvalue weighted by molar-refractivity contribution is 9.10. The summed E-state index contributed by atoms with van der Waals surface area (Å²) in [7, 11) is 0. The number of ketones is 1. The van der Waals surface area contributed by atoms with Gasteiger partial charge in [-0.3, -0.25) is 4.79 Å². The third kappa shape index (κ3) is 3.01. The molecule has 2 rings (SSSR count). The van der Waals surface area contributed by atoms with Crippen LogP contribution < -0.4 is 0 Å². The molecular weight excluding hydrogens is 303 g/mol. The molecule has 1 heterocycles. The fourth-order valence-corrected chi connectivity index (χ4v) is 2.74. The van der Waals surface area contributed by atoms with Gasteiger partial charge in [-0.15, -0.1) is 11.3 Å². The second kappa shape index (κ2) is 5.10. The predicted octanol–water partition coefficient (Wildman–Crippen LogP) is 4.38. The molecule has 2 aromatic rings. The van der Waals surface area contributed by atoms with Gasteiger partial charge in [0.15, 0.2) is 5.78 Å². The van der Waals surface area contributed by atoms with Crippen LogP contribution in [0.5, 0.6) is 0 Å². The largest absolute Gasteiger partial charge is 0.293 e. The third-order valence-electron chi connectivity index (χ3n) is 2.37. The van der Waals surface area contributed by atoms with Crippen molar-refractivity contribution in [3.05, 3.63) is 55.9 Å². The van der Waals surface area contributed by atoms with E-state index in [1.165, 1.54) is 17.4 Å². The Kier molecular flexibility index (Phi) is 3.74. The molecule has 0 saturated heterocycles. The maximum absolute atomic E-state index is 13.5. The smallest absolute Gasteiger partial charge is 0.177 e. The van der Waals surface area contributed by atoms with Crippen LogP contribution >= 0.6 is 27.3 Å². The maximum atomic E-state index is 13.5. The first-order chi connectivity index (χ1) is 8.06. The molecule has 0 bridgehead atoms. The number of Topliss-reactive ketones (excluding diaryl/α,β-unsaturated/α-hetero) is 1. The Morgan fingerprint density at radius 1 is 1.35 bits per heavy atom. The molecular formula is C13H10BrFOS. The molecule has 0 spiro atoms. The van der Waals surface area contributed by atoms with E-state index in [1.54, 1.807) is 18.2 Å². The molecule has 0 unspecified atom stereocenters. The highest BCUT2D eigenvalue weighted by Crippen LogP contribution is 2.20. The van der Waals surface area contributed by atoms with Crippen LogP contribution in [0, 0.1) is 12.7 Å². The number of benzene rings is 1. The topological polar surface area (TPSA) is 17.1 Å². The van der Waals surface area contributed by atoms with Crippen LogP contribution in [0.15, 0.2) is 34.8 Å². The van der Waals surface area contributed by atoms with E-state index in [0.717, 1.165) is 9.35 Å². The van der Waals surface area contributed by atoms with Crippen molar-refractivity contribution in [2.75, 3.05) is 0 Å². The average molecular weight is 313 g/mol. The van der Waals surface area contributed by atoms with E-state index >= 15 is 0 Å². The Bertz CT molecular complexity index is 562. The SMILES string of the molecule is Cc1ccc(C(=O)Cc2cc(Br)ccc2F)s1. The van der Waals surface area contributed by atoms with Crippen molar-refractivity contribution >= 4 is 33.0 Å². The van der Waals surface area contributed by atoms with Crippen molar-refractivity contribution in [3.63, 3.8) is 0 Å². The molecule has 0 amide bonds. The molecule has 88 valence electrons. The summed E-state index contributed by atoms with van der Waals surface area (Å²) in [6, 6.07) is 8.33. The Labute approximate surface area is 111 Å². The van der Waals surface area contributed by atoms with Crippen LogP contribution in [-0.2, 0) is 6.42 Å². The standard InChI is InChI=1S/C13H10BrFOS/c1-8-2-5-13(17-8)12(16)7-9-6-10(14)3-4-11(9)15/h2-6H,7H2,1H3. The van der Waals surface area contributed by atoms with Crippen molar-refractivity contribution < 1.29 is 9.18 Å². The van der Waals surface area contributed by atoms with Crippen LogP contribution in [0.1, 0.15) is 20.1 Å². The number of rotatable bonds is 3. The Hall–Kier alpha value is -1.00. The molecule has 0 N–H and O–H groups in total. The summed E-state index contributed by atoms with van der Waals surface area (Å²) in [5.41, 5.74) is 0.426. The predicted molar refractivity (Wildman–Crippen MR) is 71.2 cm³/mol. The van der Waals surface area contributed by atoms with Gasteiger partial charge in [0.25, 0.3) is 0 Å². The molecule has 0 radical (unpaired) electrons. The summed E-state index contributed by atoms with van der Waals surface area (Å²) in [4.78, 5) is 13.7. The number of carbonyl (C=O) groups excluding carboxylic acids is 1. The Morgan fingerprint density at radius 2 is 2.12 bits per heavy atom. The summed E-state index contributed by atoms with van der Waals surface area (Å²) in [5.74, 6) is -0.380. The normalized spacial score (nSPS) is 10.5. The summed E-state index contributed by atoms with van der Waals surface area (Å²) < 4.78 is 14.3. The van der Waals surface area contributed by atoms with E-state index in [0.29, 0.717) is 10.4 Å². The van der Waals surface area contributed by atoms with Crippen molar-refractivity contribution in [1.82, 2.24) is 0 Å². The molecule has 1 nitrogen and oxygen atoms in total. The highest BCUT2D eigenvalue weighted by Gasteiger charge is 2.12. The number of hydrogen-bond acceptors (Lipinski definition) is 2. The van der Waals surface area contributed by atoms with Crippen molar-refractivity contribution in [3.8, 4) is 0 Å². The molecule has 0 aliphatic carbocycles. The first-order valence-electron chi connectivity index (χ1n) is 5.10. The van der Waals surface area contributed by atoms with Crippen LogP contribution in [0.4, 0.5) is 4.39 Å². The molecule has 17 heavy (non-hydrogen) atoms. The first kappa shape index (κ1) is 12.5. The minimum absolute atomic E-state index is 0.0416. The lowest BCUT2D eigenvalue weighted by Crippen LogP contribution is -2.03. The van der Waals surface area contributed by atoms with Gasteiger partial charge in [-0.1, -0.05) is 15.9 Å². The van der Waals surface area contributed by atoms with Gasteiger partial charge in [0.1, 0.15) is 5.82 Å². The molecule has 1 aromatic carbocycles. The minimum atomic E-state index is -0.338. The zero-order chi connectivity index (χ0) is 12.4. The second-order valence-electron chi connectivity index (χ2n) is 3.75. The van der Waals surface area contributed by atoms with Gasteiger partial charge < -0.3 is 0 Å². The molecule has 0 saturated carbocycles. The molecule has 0 fully saturated rings. The summed E-state index contributed by atoms with van der Waals surface area (Å²) in [6.45, 7) is 1.95. The van der Waals surface area contributed by atoms with Gasteiger partial charge in [-0.2, -0.15) is 0 Å². The summed E-state index contributed by atoms with van der Waals surface area (Å²) in [5, 5.41) is 0. The van der Waals surface area contributed by atoms with Crippen molar-refractivity contribution in [2.24, 2.45) is 0 Å². The number of hydrogen-bond donors (Lipinski definition) is 0. The zero-order valence-corrected chi connectivity index (χ0v) is 11.6. The lowest BCUT2D eigenvalue weighted by atomic mass is 10.1. The Morgan fingerprint density at radius 3 is 2.76 bits per heavy atom. The van der Waals surface area contributed by atoms with E-state index in [2.05, 4.69) is 15.9 Å². The van der Waals surface area contributed by atoms with Crippen molar-refractivity contribution in [2.45, 2.75) is 13.3 Å². The van der Waals surface area contributed by atoms with Crippen LogP contribution in [0.2, 0.25) is 0 Å². The monoisotopic (exact) mass is 312 g/mol. The number of carbonyl (C=O) groups is 1. The van der Waals surface area contributed by atoms with Gasteiger partial charge in [0.05, 0.1) is 4.88 Å². The first-order valence-corrected chi connectivity index (χ1v) is 6.71. The van der Waals surface area contributed by atoms with Crippen LogP contribution in [-0.4, -0.2) is 5.78 Å². The van der Waals surface area contributed by atoms with Gasteiger partial charge in [0, 0.05) is 15.8 Å². The molecule has 4 heteroatoms.